The smallest absolute Gasteiger partial charge is 0.229 e. The lowest BCUT2D eigenvalue weighted by Crippen LogP contribution is -2.39. The van der Waals surface area contributed by atoms with Gasteiger partial charge in [-0.25, -0.2) is 0 Å². The summed E-state index contributed by atoms with van der Waals surface area (Å²) < 4.78 is 1.65. The van der Waals surface area contributed by atoms with Crippen molar-refractivity contribution >= 4 is 23.1 Å². The van der Waals surface area contributed by atoms with Gasteiger partial charge in [0.15, 0.2) is 0 Å². The van der Waals surface area contributed by atoms with Crippen LogP contribution in [0.25, 0.3) is 0 Å². The Morgan fingerprint density at radius 1 is 1.65 bits per heavy atom. The molecule has 0 aliphatic rings. The van der Waals surface area contributed by atoms with Crippen LogP contribution in [-0.4, -0.2) is 32.4 Å². The van der Waals surface area contributed by atoms with Crippen LogP contribution in [0.5, 0.6) is 0 Å². The molecule has 1 rings (SSSR count). The van der Waals surface area contributed by atoms with Crippen LogP contribution in [0, 0.1) is 5.92 Å². The molecule has 17 heavy (non-hydrogen) atoms. The monoisotopic (exact) mass is 255 g/mol. The number of hydrogen-bond acceptors (Lipinski definition) is 4. The van der Waals surface area contributed by atoms with Crippen molar-refractivity contribution in [1.82, 2.24) is 20.3 Å². The average molecular weight is 255 g/mol. The number of amides is 1. The largest absolute Gasteiger partial charge is 0.393 e. The second-order valence-electron chi connectivity index (χ2n) is 3.70. The molecule has 0 saturated carbocycles. The summed E-state index contributed by atoms with van der Waals surface area (Å²) in [6, 6.07) is 0. The van der Waals surface area contributed by atoms with Gasteiger partial charge in [-0.3, -0.25) is 9.48 Å². The Morgan fingerprint density at radius 2 is 2.41 bits per heavy atom. The zero-order chi connectivity index (χ0) is 12.7. The molecule has 1 aromatic heterocycles. The maximum Gasteiger partial charge on any atom is 0.229 e. The van der Waals surface area contributed by atoms with E-state index in [2.05, 4.69) is 15.6 Å². The molecule has 0 bridgehead atoms. The molecule has 0 fully saturated rings. The number of nitrogens with one attached hydrogen (secondary N) is 1. The SMILES string of the molecule is CCCC(C(=O)NCCn1ccnn1)C(N)=S. The van der Waals surface area contributed by atoms with Crippen molar-refractivity contribution in [2.24, 2.45) is 11.7 Å². The number of carbonyl (C=O) groups excluding carboxylic acids is 1. The molecule has 3 N–H and O–H groups in total. The maximum absolute atomic E-state index is 11.8. The van der Waals surface area contributed by atoms with Crippen LogP contribution in [0.1, 0.15) is 19.8 Å². The number of hydrogen-bond donors (Lipinski definition) is 2. The minimum atomic E-state index is -0.370. The number of rotatable bonds is 7. The molecule has 0 saturated heterocycles. The molecular formula is C10H17N5OS. The lowest BCUT2D eigenvalue weighted by atomic mass is 10.0. The van der Waals surface area contributed by atoms with E-state index < -0.39 is 0 Å². The van der Waals surface area contributed by atoms with Crippen LogP contribution < -0.4 is 11.1 Å². The molecule has 0 radical (unpaired) electrons. The lowest BCUT2D eigenvalue weighted by Gasteiger charge is -2.14. The van der Waals surface area contributed by atoms with Gasteiger partial charge in [-0.05, 0) is 6.42 Å². The summed E-state index contributed by atoms with van der Waals surface area (Å²) in [6.07, 6.45) is 4.89. The van der Waals surface area contributed by atoms with Gasteiger partial charge in [0.2, 0.25) is 5.91 Å². The second kappa shape index (κ2) is 6.95. The zero-order valence-corrected chi connectivity index (χ0v) is 10.6. The van der Waals surface area contributed by atoms with E-state index in [0.717, 1.165) is 6.42 Å². The molecule has 1 amide bonds. The van der Waals surface area contributed by atoms with Gasteiger partial charge in [0, 0.05) is 12.7 Å². The standard InChI is InChI=1S/C10H17N5OS/c1-2-3-8(9(11)17)10(16)12-4-6-15-7-5-13-14-15/h5,7-8H,2-4,6H2,1H3,(H2,11,17)(H,12,16). The van der Waals surface area contributed by atoms with E-state index in [4.69, 9.17) is 18.0 Å². The van der Waals surface area contributed by atoms with Gasteiger partial charge in [0.25, 0.3) is 0 Å². The van der Waals surface area contributed by atoms with E-state index in [0.29, 0.717) is 19.5 Å². The number of thiocarbonyl (C=S) groups is 1. The first-order valence-electron chi connectivity index (χ1n) is 5.56. The average Bonchev–Trinajstić information content (AvgIpc) is 2.78. The van der Waals surface area contributed by atoms with Crippen molar-refractivity contribution in [3.05, 3.63) is 12.4 Å². The third-order valence-electron chi connectivity index (χ3n) is 2.35. The molecule has 94 valence electrons. The summed E-state index contributed by atoms with van der Waals surface area (Å²) in [5.74, 6) is -0.481. The first-order valence-corrected chi connectivity index (χ1v) is 5.97. The van der Waals surface area contributed by atoms with Gasteiger partial charge in [0.05, 0.1) is 23.6 Å². The Hall–Kier alpha value is -1.50. The number of nitrogens with zero attached hydrogens (tertiary/aromatic N) is 3. The highest BCUT2D eigenvalue weighted by atomic mass is 32.1. The summed E-state index contributed by atoms with van der Waals surface area (Å²) in [6.45, 7) is 3.07. The number of carbonyl (C=O) groups is 1. The van der Waals surface area contributed by atoms with Crippen molar-refractivity contribution in [2.75, 3.05) is 6.54 Å². The molecule has 1 unspecified atom stereocenters. The molecular weight excluding hydrogens is 238 g/mol. The van der Waals surface area contributed by atoms with Gasteiger partial charge in [-0.1, -0.05) is 30.8 Å². The molecule has 0 aromatic carbocycles. The van der Waals surface area contributed by atoms with Crippen LogP contribution >= 0.6 is 12.2 Å². The van der Waals surface area contributed by atoms with E-state index in [9.17, 15) is 4.79 Å². The van der Waals surface area contributed by atoms with Crippen molar-refractivity contribution in [3.8, 4) is 0 Å². The Labute approximate surface area is 106 Å². The fraction of sp³-hybridized carbons (Fsp3) is 0.600. The predicted octanol–water partition coefficient (Wildman–Crippen LogP) is 0.0967. The fourth-order valence-electron chi connectivity index (χ4n) is 1.46. The Balaban J connectivity index is 2.34. The molecule has 0 spiro atoms. The van der Waals surface area contributed by atoms with E-state index in [-0.39, 0.29) is 16.8 Å². The Bertz CT molecular complexity index is 365. The molecule has 6 nitrogen and oxygen atoms in total. The minimum Gasteiger partial charge on any atom is -0.393 e. The molecule has 0 aliphatic heterocycles. The first kappa shape index (κ1) is 13.6. The van der Waals surface area contributed by atoms with Crippen LogP contribution in [0.15, 0.2) is 12.4 Å². The predicted molar refractivity (Wildman–Crippen MR) is 68.2 cm³/mol. The third-order valence-corrected chi connectivity index (χ3v) is 2.63. The van der Waals surface area contributed by atoms with E-state index in [1.54, 1.807) is 17.1 Å². The minimum absolute atomic E-state index is 0.112. The van der Waals surface area contributed by atoms with Crippen molar-refractivity contribution < 1.29 is 4.79 Å². The Morgan fingerprint density at radius 3 is 2.94 bits per heavy atom. The van der Waals surface area contributed by atoms with E-state index >= 15 is 0 Å². The number of nitrogens with two attached hydrogens (primary N) is 1. The van der Waals surface area contributed by atoms with Crippen LogP contribution in [0.3, 0.4) is 0 Å². The highest BCUT2D eigenvalue weighted by Crippen LogP contribution is 2.06. The second-order valence-corrected chi connectivity index (χ2v) is 4.17. The van der Waals surface area contributed by atoms with E-state index in [1.807, 2.05) is 6.92 Å². The quantitative estimate of drug-likeness (QED) is 0.675. The highest BCUT2D eigenvalue weighted by Gasteiger charge is 2.19. The van der Waals surface area contributed by atoms with Crippen LogP contribution in [0.4, 0.5) is 0 Å². The summed E-state index contributed by atoms with van der Waals surface area (Å²) in [7, 11) is 0. The molecule has 1 heterocycles. The van der Waals surface area contributed by atoms with Crippen LogP contribution in [0.2, 0.25) is 0 Å². The van der Waals surface area contributed by atoms with Gasteiger partial charge in [0.1, 0.15) is 0 Å². The summed E-state index contributed by atoms with van der Waals surface area (Å²) in [5.41, 5.74) is 5.53. The molecule has 0 aliphatic carbocycles. The van der Waals surface area contributed by atoms with E-state index in [1.165, 1.54) is 0 Å². The van der Waals surface area contributed by atoms with Gasteiger partial charge >= 0.3 is 0 Å². The van der Waals surface area contributed by atoms with Crippen molar-refractivity contribution in [3.63, 3.8) is 0 Å². The fourth-order valence-corrected chi connectivity index (χ4v) is 1.68. The highest BCUT2D eigenvalue weighted by molar-refractivity contribution is 7.80. The van der Waals surface area contributed by atoms with Crippen molar-refractivity contribution in [2.45, 2.75) is 26.3 Å². The van der Waals surface area contributed by atoms with Gasteiger partial charge < -0.3 is 11.1 Å². The van der Waals surface area contributed by atoms with Gasteiger partial charge in [-0.15, -0.1) is 5.10 Å². The van der Waals surface area contributed by atoms with Crippen LogP contribution in [-0.2, 0) is 11.3 Å². The molecule has 1 aromatic rings. The number of aromatic nitrogens is 3. The van der Waals surface area contributed by atoms with Crippen molar-refractivity contribution in [1.29, 1.82) is 0 Å². The topological polar surface area (TPSA) is 85.8 Å². The summed E-state index contributed by atoms with van der Waals surface area (Å²) in [5, 5.41) is 10.3. The third kappa shape index (κ3) is 4.48. The Kier molecular flexibility index (Phi) is 5.55. The lowest BCUT2D eigenvalue weighted by molar-refractivity contribution is -0.123. The molecule has 7 heteroatoms. The zero-order valence-electron chi connectivity index (χ0n) is 9.80. The van der Waals surface area contributed by atoms with Gasteiger partial charge in [-0.2, -0.15) is 0 Å². The maximum atomic E-state index is 11.8. The molecule has 1 atom stereocenters. The first-order chi connectivity index (χ1) is 8.15. The summed E-state index contributed by atoms with van der Waals surface area (Å²) in [4.78, 5) is 12.0. The summed E-state index contributed by atoms with van der Waals surface area (Å²) >= 11 is 4.88. The normalized spacial score (nSPS) is 12.1.